The second-order valence-electron chi connectivity index (χ2n) is 9.06. The maximum absolute atomic E-state index is 3.86. The molecule has 5 rings (SSSR count). The van der Waals surface area contributed by atoms with Gasteiger partial charge < -0.3 is 14.4 Å². The molecule has 1 saturated heterocycles. The fraction of sp³-hybridized carbons (Fsp3) is 0.205. The van der Waals surface area contributed by atoms with Crippen molar-refractivity contribution in [1.82, 2.24) is 29.3 Å². The van der Waals surface area contributed by atoms with Gasteiger partial charge in [0, 0.05) is 55.6 Å². The van der Waals surface area contributed by atoms with E-state index < -0.39 is 0 Å². The van der Waals surface area contributed by atoms with Crippen LogP contribution in [0.25, 0.3) is 12.3 Å². The SMILES string of the molecule is C=CC.C=CC.C=CN1CCCC1=C.C=Cc1ccccc1.C=Cn1ccnc1.CN(C)C.c1ccncc1.c1ccncc1. The summed E-state index contributed by atoms with van der Waals surface area (Å²) in [4.78, 5) is 15.5. The van der Waals surface area contributed by atoms with Gasteiger partial charge in [-0.2, -0.15) is 0 Å². The van der Waals surface area contributed by atoms with Gasteiger partial charge in [0.2, 0.25) is 0 Å². The van der Waals surface area contributed by atoms with Crippen molar-refractivity contribution in [3.63, 3.8) is 0 Å². The number of pyridine rings is 2. The smallest absolute Gasteiger partial charge is 0.0986 e. The number of imidazole rings is 1. The quantitative estimate of drug-likeness (QED) is 0.217. The normalized spacial score (nSPS) is 9.82. The molecule has 0 atom stereocenters. The molecule has 0 saturated carbocycles. The van der Waals surface area contributed by atoms with Crippen molar-refractivity contribution < 1.29 is 0 Å². The third-order valence-electron chi connectivity index (χ3n) is 4.39. The third-order valence-corrected chi connectivity index (χ3v) is 4.39. The lowest BCUT2D eigenvalue weighted by Crippen LogP contribution is -2.06. The number of benzene rings is 1. The molecule has 4 heterocycles. The van der Waals surface area contributed by atoms with E-state index in [4.69, 9.17) is 0 Å². The standard InChI is InChI=1S/C8H8.C7H11N.C5H6N2.2C5H5N.C3H9N.2C3H6/c1-2-8-6-4-3-5-7-8;1-3-8-6-4-5-7(8)2;1-2-7-4-3-6-5-7;2*1-2-4-6-5-3-1;1-4(2)3;2*1-3-2/h2-7H,1H2;3H,1-2,4-6H2;2-5H,1H2;2*1-5H;1-3H3;2*3H,1H2,2H3. The Labute approximate surface area is 274 Å². The first kappa shape index (κ1) is 44.4. The second-order valence-corrected chi connectivity index (χ2v) is 9.06. The monoisotopic (exact) mass is 608 g/mol. The lowest BCUT2D eigenvalue weighted by molar-refractivity contribution is 0.505. The summed E-state index contributed by atoms with van der Waals surface area (Å²) in [6, 6.07) is 21.5. The van der Waals surface area contributed by atoms with Crippen LogP contribution in [0.3, 0.4) is 0 Å². The Balaban J connectivity index is -0.000000459. The first-order chi connectivity index (χ1) is 21.8. The van der Waals surface area contributed by atoms with Gasteiger partial charge in [-0.3, -0.25) is 9.97 Å². The van der Waals surface area contributed by atoms with E-state index in [0.717, 1.165) is 13.0 Å². The fourth-order valence-electron chi connectivity index (χ4n) is 2.57. The van der Waals surface area contributed by atoms with Crippen molar-refractivity contribution in [2.75, 3.05) is 27.7 Å². The maximum Gasteiger partial charge on any atom is 0.0986 e. The van der Waals surface area contributed by atoms with E-state index >= 15 is 0 Å². The summed E-state index contributed by atoms with van der Waals surface area (Å²) in [5.41, 5.74) is 2.38. The molecule has 0 N–H and O–H groups in total. The molecule has 242 valence electrons. The number of hydrogen-bond acceptors (Lipinski definition) is 5. The zero-order valence-corrected chi connectivity index (χ0v) is 28.3. The predicted octanol–water partition coefficient (Wildman–Crippen LogP) is 9.78. The predicted molar refractivity (Wildman–Crippen MR) is 200 cm³/mol. The molecule has 6 nitrogen and oxygen atoms in total. The Kier molecular flexibility index (Phi) is 36.4. The van der Waals surface area contributed by atoms with Crippen molar-refractivity contribution in [3.8, 4) is 0 Å². The van der Waals surface area contributed by atoms with E-state index in [-0.39, 0.29) is 0 Å². The van der Waals surface area contributed by atoms with Crippen LogP contribution in [0, 0.1) is 0 Å². The summed E-state index contributed by atoms with van der Waals surface area (Å²) in [7, 11) is 6.00. The third kappa shape index (κ3) is 36.9. The second kappa shape index (κ2) is 37.0. The molecular weight excluding hydrogens is 552 g/mol. The molecule has 4 aromatic rings. The first-order valence-electron chi connectivity index (χ1n) is 14.6. The van der Waals surface area contributed by atoms with E-state index in [9.17, 15) is 0 Å². The summed E-state index contributed by atoms with van der Waals surface area (Å²) in [6.07, 6.45) is 23.5. The zero-order chi connectivity index (χ0) is 34.4. The molecular formula is C39H56N6. The van der Waals surface area contributed by atoms with E-state index in [2.05, 4.69) is 59.3 Å². The summed E-state index contributed by atoms with van der Waals surface area (Å²) >= 11 is 0. The van der Waals surface area contributed by atoms with Crippen LogP contribution in [0.1, 0.15) is 32.3 Å². The van der Waals surface area contributed by atoms with Crippen LogP contribution in [-0.4, -0.2) is 57.0 Å². The van der Waals surface area contributed by atoms with E-state index in [1.807, 2.05) is 125 Å². The summed E-state index contributed by atoms with van der Waals surface area (Å²) in [5, 5.41) is 0. The Morgan fingerprint density at radius 3 is 1.29 bits per heavy atom. The number of rotatable bonds is 3. The first-order valence-corrected chi connectivity index (χ1v) is 14.6. The Morgan fingerprint density at radius 1 is 0.667 bits per heavy atom. The van der Waals surface area contributed by atoms with Crippen molar-refractivity contribution in [2.24, 2.45) is 0 Å². The highest BCUT2D eigenvalue weighted by molar-refractivity contribution is 5.45. The highest BCUT2D eigenvalue weighted by Crippen LogP contribution is 2.17. The molecule has 1 aromatic carbocycles. The number of aromatic nitrogens is 4. The average molecular weight is 609 g/mol. The van der Waals surface area contributed by atoms with Crippen molar-refractivity contribution in [3.05, 3.63) is 179 Å². The zero-order valence-electron chi connectivity index (χ0n) is 28.3. The van der Waals surface area contributed by atoms with Gasteiger partial charge in [-0.1, -0.05) is 87.0 Å². The van der Waals surface area contributed by atoms with Gasteiger partial charge in [0.25, 0.3) is 0 Å². The Morgan fingerprint density at radius 2 is 1.11 bits per heavy atom. The molecule has 0 aliphatic carbocycles. The molecule has 0 bridgehead atoms. The van der Waals surface area contributed by atoms with Crippen molar-refractivity contribution in [2.45, 2.75) is 26.7 Å². The van der Waals surface area contributed by atoms with Gasteiger partial charge in [0.05, 0.1) is 6.33 Å². The molecule has 0 spiro atoms. The Bertz CT molecular complexity index is 1080. The molecule has 45 heavy (non-hydrogen) atoms. The molecule has 1 fully saturated rings. The lowest BCUT2D eigenvalue weighted by Gasteiger charge is -2.10. The van der Waals surface area contributed by atoms with E-state index in [1.54, 1.807) is 60.2 Å². The molecule has 3 aromatic heterocycles. The molecule has 1 aliphatic heterocycles. The fourth-order valence-corrected chi connectivity index (χ4v) is 2.57. The number of hydrogen-bond donors (Lipinski definition) is 0. The molecule has 0 radical (unpaired) electrons. The van der Waals surface area contributed by atoms with E-state index in [1.165, 1.54) is 17.7 Å². The van der Waals surface area contributed by atoms with E-state index in [0.29, 0.717) is 0 Å². The van der Waals surface area contributed by atoms with Crippen LogP contribution in [0.4, 0.5) is 0 Å². The van der Waals surface area contributed by atoms with Crippen LogP contribution < -0.4 is 0 Å². The van der Waals surface area contributed by atoms with Gasteiger partial charge in [-0.05, 0) is 83.9 Å². The molecule has 0 unspecified atom stereocenters. The van der Waals surface area contributed by atoms with Gasteiger partial charge >= 0.3 is 0 Å². The van der Waals surface area contributed by atoms with Gasteiger partial charge in [0.1, 0.15) is 0 Å². The molecule has 6 heteroatoms. The minimum absolute atomic E-state index is 1.11. The Hall–Kier alpha value is -5.07. The van der Waals surface area contributed by atoms with Crippen LogP contribution in [0.15, 0.2) is 174 Å². The number of nitrogens with zero attached hydrogens (tertiary/aromatic N) is 6. The largest absolute Gasteiger partial charge is 0.353 e. The number of likely N-dealkylation sites (tertiary alicyclic amines) is 1. The van der Waals surface area contributed by atoms with Crippen LogP contribution in [0.2, 0.25) is 0 Å². The summed E-state index contributed by atoms with van der Waals surface area (Å²) in [6.45, 7) is 26.3. The number of allylic oxidation sites excluding steroid dienone is 3. The van der Waals surface area contributed by atoms with Crippen molar-refractivity contribution in [1.29, 1.82) is 0 Å². The minimum Gasteiger partial charge on any atom is -0.353 e. The van der Waals surface area contributed by atoms with Crippen LogP contribution in [0.5, 0.6) is 0 Å². The highest BCUT2D eigenvalue weighted by Gasteiger charge is 2.09. The van der Waals surface area contributed by atoms with Crippen molar-refractivity contribution >= 4 is 12.3 Å². The maximum atomic E-state index is 3.86. The van der Waals surface area contributed by atoms with Crippen LogP contribution in [-0.2, 0) is 0 Å². The average Bonchev–Trinajstić information content (AvgIpc) is 3.76. The van der Waals surface area contributed by atoms with Gasteiger partial charge in [-0.25, -0.2) is 4.98 Å². The summed E-state index contributed by atoms with van der Waals surface area (Å²) in [5.74, 6) is 0. The molecule has 0 amide bonds. The van der Waals surface area contributed by atoms with Gasteiger partial charge in [0.15, 0.2) is 0 Å². The molecule has 1 aliphatic rings. The summed E-state index contributed by atoms with van der Waals surface area (Å²) < 4.78 is 1.78. The van der Waals surface area contributed by atoms with Gasteiger partial charge in [-0.15, -0.1) is 13.2 Å². The topological polar surface area (TPSA) is 50.1 Å². The highest BCUT2D eigenvalue weighted by atomic mass is 15.1. The lowest BCUT2D eigenvalue weighted by atomic mass is 10.2. The minimum atomic E-state index is 1.11. The van der Waals surface area contributed by atoms with Crippen LogP contribution >= 0.6 is 0 Å².